The standard InChI is InChI=1S/C9H14N2O.C8H10O2S2/c10-6-7-11-9(12)8-4-2-1-3-5-8;1-11-7-3-5-8(6-4-7)12(2,9)10/h8H,1-5,7H2,(H,11,12);3-6H,1-2H3. The van der Waals surface area contributed by atoms with Gasteiger partial charge in [-0.3, -0.25) is 4.79 Å². The van der Waals surface area contributed by atoms with Gasteiger partial charge in [0.25, 0.3) is 0 Å². The minimum atomic E-state index is -3.04. The Kier molecular flexibility index (Phi) is 8.87. The number of sulfone groups is 1. The monoisotopic (exact) mass is 368 g/mol. The number of nitriles is 1. The van der Waals surface area contributed by atoms with Gasteiger partial charge in [0.2, 0.25) is 5.91 Å². The Labute approximate surface area is 148 Å². The van der Waals surface area contributed by atoms with Crippen LogP contribution in [0.15, 0.2) is 34.1 Å². The molecule has 1 saturated carbocycles. The lowest BCUT2D eigenvalue weighted by Crippen LogP contribution is -2.32. The summed E-state index contributed by atoms with van der Waals surface area (Å²) in [5, 5.41) is 10.9. The van der Waals surface area contributed by atoms with Crippen LogP contribution in [0.25, 0.3) is 0 Å². The van der Waals surface area contributed by atoms with Gasteiger partial charge in [0, 0.05) is 17.1 Å². The van der Waals surface area contributed by atoms with E-state index in [4.69, 9.17) is 5.26 Å². The molecule has 0 unspecified atom stereocenters. The van der Waals surface area contributed by atoms with Crippen LogP contribution < -0.4 is 5.32 Å². The van der Waals surface area contributed by atoms with Crippen molar-refractivity contribution < 1.29 is 13.2 Å². The lowest BCUT2D eigenvalue weighted by molar-refractivity contribution is -0.125. The molecular formula is C17H24N2O3S2. The minimum absolute atomic E-state index is 0.0660. The highest BCUT2D eigenvalue weighted by atomic mass is 32.2. The van der Waals surface area contributed by atoms with Gasteiger partial charge in [-0.25, -0.2) is 8.42 Å². The number of nitrogens with zero attached hydrogens (tertiary/aromatic N) is 1. The molecule has 1 aromatic rings. The number of carbonyl (C=O) groups excluding carboxylic acids is 1. The van der Waals surface area contributed by atoms with Crippen molar-refractivity contribution in [3.8, 4) is 6.07 Å². The van der Waals surface area contributed by atoms with Crippen molar-refractivity contribution in [3.05, 3.63) is 24.3 Å². The summed E-state index contributed by atoms with van der Waals surface area (Å²) >= 11 is 1.59. The molecule has 132 valence electrons. The van der Waals surface area contributed by atoms with Crippen molar-refractivity contribution in [2.45, 2.75) is 41.9 Å². The first-order chi connectivity index (χ1) is 11.4. The van der Waals surface area contributed by atoms with Crippen molar-refractivity contribution in [2.24, 2.45) is 5.92 Å². The predicted molar refractivity (Wildman–Crippen MR) is 96.5 cm³/mol. The lowest BCUT2D eigenvalue weighted by Gasteiger charge is -2.19. The van der Waals surface area contributed by atoms with E-state index in [0.29, 0.717) is 4.90 Å². The molecule has 1 N–H and O–H groups in total. The van der Waals surface area contributed by atoms with Gasteiger partial charge in [-0.1, -0.05) is 19.3 Å². The smallest absolute Gasteiger partial charge is 0.223 e. The average Bonchev–Trinajstić information content (AvgIpc) is 2.60. The van der Waals surface area contributed by atoms with E-state index >= 15 is 0 Å². The van der Waals surface area contributed by atoms with Crippen LogP contribution in [0, 0.1) is 17.2 Å². The maximum Gasteiger partial charge on any atom is 0.223 e. The second-order valence-corrected chi connectivity index (χ2v) is 8.55. The van der Waals surface area contributed by atoms with Gasteiger partial charge in [-0.15, -0.1) is 11.8 Å². The van der Waals surface area contributed by atoms with Gasteiger partial charge in [-0.2, -0.15) is 5.26 Å². The molecule has 0 radical (unpaired) electrons. The van der Waals surface area contributed by atoms with Gasteiger partial charge in [0.1, 0.15) is 6.54 Å². The van der Waals surface area contributed by atoms with Crippen molar-refractivity contribution in [3.63, 3.8) is 0 Å². The van der Waals surface area contributed by atoms with Crippen LogP contribution in [0.5, 0.6) is 0 Å². The number of rotatable bonds is 4. The van der Waals surface area contributed by atoms with Gasteiger partial charge < -0.3 is 5.32 Å². The van der Waals surface area contributed by atoms with Gasteiger partial charge in [0.15, 0.2) is 9.84 Å². The molecule has 24 heavy (non-hydrogen) atoms. The summed E-state index contributed by atoms with van der Waals surface area (Å²) in [5.74, 6) is 0.239. The maximum atomic E-state index is 11.3. The minimum Gasteiger partial charge on any atom is -0.343 e. The van der Waals surface area contributed by atoms with Crippen LogP contribution in [0.1, 0.15) is 32.1 Å². The van der Waals surface area contributed by atoms with Gasteiger partial charge in [0.05, 0.1) is 11.0 Å². The van der Waals surface area contributed by atoms with E-state index < -0.39 is 9.84 Å². The Hall–Kier alpha value is -1.52. The first-order valence-electron chi connectivity index (χ1n) is 7.87. The molecule has 0 aliphatic heterocycles. The van der Waals surface area contributed by atoms with E-state index in [2.05, 4.69) is 5.32 Å². The molecular weight excluding hydrogens is 344 g/mol. The van der Waals surface area contributed by atoms with E-state index in [-0.39, 0.29) is 18.4 Å². The zero-order valence-electron chi connectivity index (χ0n) is 14.1. The summed E-state index contributed by atoms with van der Waals surface area (Å²) < 4.78 is 22.1. The Morgan fingerprint density at radius 1 is 1.25 bits per heavy atom. The molecule has 1 aliphatic carbocycles. The molecule has 2 rings (SSSR count). The first kappa shape index (κ1) is 20.5. The average molecular weight is 369 g/mol. The summed E-state index contributed by atoms with van der Waals surface area (Å²) in [7, 11) is -3.04. The summed E-state index contributed by atoms with van der Waals surface area (Å²) in [6.45, 7) is 0.148. The summed E-state index contributed by atoms with van der Waals surface area (Å²) in [6.07, 6.45) is 8.72. The Balaban J connectivity index is 0.000000240. The molecule has 0 saturated heterocycles. The zero-order valence-corrected chi connectivity index (χ0v) is 15.8. The molecule has 0 bridgehead atoms. The molecule has 1 aromatic carbocycles. The normalized spacial score (nSPS) is 14.9. The molecule has 1 amide bonds. The third-order valence-corrected chi connectivity index (χ3v) is 5.68. The zero-order chi connectivity index (χ0) is 18.0. The highest BCUT2D eigenvalue weighted by Crippen LogP contribution is 2.23. The summed E-state index contributed by atoms with van der Waals surface area (Å²) in [5.41, 5.74) is 0. The van der Waals surface area contributed by atoms with Crippen LogP contribution in [0.3, 0.4) is 0 Å². The number of nitrogens with one attached hydrogen (secondary N) is 1. The van der Waals surface area contributed by atoms with Gasteiger partial charge >= 0.3 is 0 Å². The predicted octanol–water partition coefficient (Wildman–Crippen LogP) is 3.02. The number of amides is 1. The topological polar surface area (TPSA) is 87.0 Å². The summed E-state index contributed by atoms with van der Waals surface area (Å²) in [6, 6.07) is 8.77. The van der Waals surface area contributed by atoms with E-state index in [1.807, 2.05) is 12.3 Å². The molecule has 0 aromatic heterocycles. The van der Waals surface area contributed by atoms with Crippen molar-refractivity contribution >= 4 is 27.5 Å². The Morgan fingerprint density at radius 3 is 2.29 bits per heavy atom. The molecule has 0 spiro atoms. The Bertz CT molecular complexity index is 658. The molecule has 5 nitrogen and oxygen atoms in total. The lowest BCUT2D eigenvalue weighted by atomic mass is 9.89. The van der Waals surface area contributed by atoms with Crippen LogP contribution in [-0.2, 0) is 14.6 Å². The molecule has 0 atom stereocenters. The fraction of sp³-hybridized carbons (Fsp3) is 0.529. The number of carbonyl (C=O) groups is 1. The second kappa shape index (κ2) is 10.4. The molecule has 0 heterocycles. The number of thioether (sulfide) groups is 1. The number of hydrogen-bond donors (Lipinski definition) is 1. The highest BCUT2D eigenvalue weighted by Gasteiger charge is 2.20. The fourth-order valence-electron chi connectivity index (χ4n) is 2.46. The van der Waals surface area contributed by atoms with Crippen LogP contribution in [0.4, 0.5) is 0 Å². The van der Waals surface area contributed by atoms with Crippen molar-refractivity contribution in [2.75, 3.05) is 19.1 Å². The SMILES string of the molecule is CSc1ccc(S(C)(=O)=O)cc1.N#CCNC(=O)C1CCCCC1. The van der Waals surface area contributed by atoms with Crippen molar-refractivity contribution in [1.29, 1.82) is 5.26 Å². The van der Waals surface area contributed by atoms with E-state index in [1.165, 1.54) is 12.7 Å². The number of benzene rings is 1. The maximum absolute atomic E-state index is 11.3. The highest BCUT2D eigenvalue weighted by molar-refractivity contribution is 7.98. The summed E-state index contributed by atoms with van der Waals surface area (Å²) in [4.78, 5) is 12.7. The van der Waals surface area contributed by atoms with Crippen LogP contribution >= 0.6 is 11.8 Å². The third kappa shape index (κ3) is 7.37. The third-order valence-electron chi connectivity index (χ3n) is 3.81. The van der Waals surface area contributed by atoms with E-state index in [0.717, 1.165) is 30.6 Å². The first-order valence-corrected chi connectivity index (χ1v) is 11.0. The quantitative estimate of drug-likeness (QED) is 0.652. The van der Waals surface area contributed by atoms with Gasteiger partial charge in [-0.05, 0) is 43.4 Å². The van der Waals surface area contributed by atoms with E-state index in [1.54, 1.807) is 36.0 Å². The number of hydrogen-bond acceptors (Lipinski definition) is 5. The Morgan fingerprint density at radius 2 is 1.83 bits per heavy atom. The van der Waals surface area contributed by atoms with Crippen LogP contribution in [-0.4, -0.2) is 33.4 Å². The second-order valence-electron chi connectivity index (χ2n) is 5.66. The van der Waals surface area contributed by atoms with Crippen molar-refractivity contribution in [1.82, 2.24) is 5.32 Å². The van der Waals surface area contributed by atoms with E-state index in [9.17, 15) is 13.2 Å². The fourth-order valence-corrected chi connectivity index (χ4v) is 3.50. The molecule has 1 aliphatic rings. The molecule has 1 fully saturated rings. The molecule has 7 heteroatoms. The largest absolute Gasteiger partial charge is 0.343 e. The van der Waals surface area contributed by atoms with Crippen LogP contribution in [0.2, 0.25) is 0 Å².